The molecule has 0 N–H and O–H groups in total. The molecule has 0 unspecified atom stereocenters. The van der Waals surface area contributed by atoms with Crippen molar-refractivity contribution in [2.24, 2.45) is 0 Å². The van der Waals surface area contributed by atoms with Crippen molar-refractivity contribution in [3.8, 4) is 23.1 Å². The predicted molar refractivity (Wildman–Crippen MR) is 106 cm³/mol. The summed E-state index contributed by atoms with van der Waals surface area (Å²) in [5, 5.41) is 0. The number of pyridine rings is 2. The van der Waals surface area contributed by atoms with Crippen LogP contribution in [0.25, 0.3) is 11.3 Å². The highest BCUT2D eigenvalue weighted by Crippen LogP contribution is 2.23. The third-order valence-electron chi connectivity index (χ3n) is 3.88. The maximum absolute atomic E-state index is 12.0. The number of nitrogens with zero attached hydrogens (tertiary/aromatic N) is 3. The van der Waals surface area contributed by atoms with Crippen LogP contribution in [0.4, 0.5) is 5.82 Å². The van der Waals surface area contributed by atoms with E-state index in [2.05, 4.69) is 21.8 Å². The van der Waals surface area contributed by atoms with Crippen molar-refractivity contribution in [3.63, 3.8) is 0 Å². The summed E-state index contributed by atoms with van der Waals surface area (Å²) in [6, 6.07) is 15.0. The molecule has 2 heterocycles. The van der Waals surface area contributed by atoms with Crippen molar-refractivity contribution >= 4 is 11.8 Å². The molecule has 0 aliphatic heterocycles. The lowest BCUT2D eigenvalue weighted by Crippen LogP contribution is -2.13. The van der Waals surface area contributed by atoms with Gasteiger partial charge in [0.25, 0.3) is 0 Å². The molecule has 0 aliphatic carbocycles. The molecule has 3 rings (SSSR count). The first kappa shape index (κ1) is 18.2. The number of esters is 1. The highest BCUT2D eigenvalue weighted by atomic mass is 16.5. The first-order valence-corrected chi connectivity index (χ1v) is 8.37. The molecule has 0 fully saturated rings. The minimum atomic E-state index is -0.388. The molecule has 3 aromatic rings. The van der Waals surface area contributed by atoms with Crippen molar-refractivity contribution in [1.29, 1.82) is 0 Å². The van der Waals surface area contributed by atoms with Crippen molar-refractivity contribution in [2.45, 2.75) is 0 Å². The number of carbonyl (C=O) groups excluding carboxylic acids is 1. The van der Waals surface area contributed by atoms with Crippen molar-refractivity contribution < 1.29 is 9.53 Å². The fourth-order valence-electron chi connectivity index (χ4n) is 2.43. The summed E-state index contributed by atoms with van der Waals surface area (Å²) in [5.41, 5.74) is 3.82. The van der Waals surface area contributed by atoms with Crippen LogP contribution in [-0.4, -0.2) is 37.1 Å². The molecule has 134 valence electrons. The van der Waals surface area contributed by atoms with Gasteiger partial charge in [0.15, 0.2) is 0 Å². The van der Waals surface area contributed by atoms with Crippen LogP contribution in [0.3, 0.4) is 0 Å². The molecule has 1 aromatic carbocycles. The largest absolute Gasteiger partial charge is 0.465 e. The van der Waals surface area contributed by atoms with E-state index in [-0.39, 0.29) is 5.97 Å². The van der Waals surface area contributed by atoms with Crippen LogP contribution in [0, 0.1) is 11.8 Å². The Balaban J connectivity index is 1.92. The zero-order valence-electron chi connectivity index (χ0n) is 15.4. The summed E-state index contributed by atoms with van der Waals surface area (Å²) < 4.78 is 4.85. The average molecular weight is 357 g/mol. The van der Waals surface area contributed by atoms with E-state index in [0.717, 1.165) is 16.7 Å². The SMILES string of the molecule is COC(=O)c1cc(-c2ccc(C#Cc3cccnc3)cc2)nc(N(C)C)c1. The number of hydrogen-bond acceptors (Lipinski definition) is 5. The Morgan fingerprint density at radius 1 is 1.04 bits per heavy atom. The van der Waals surface area contributed by atoms with Crippen molar-refractivity contribution in [1.82, 2.24) is 9.97 Å². The van der Waals surface area contributed by atoms with Crippen molar-refractivity contribution in [2.75, 3.05) is 26.1 Å². The van der Waals surface area contributed by atoms with Gasteiger partial charge in [0.05, 0.1) is 18.4 Å². The van der Waals surface area contributed by atoms with Crippen LogP contribution in [0.1, 0.15) is 21.5 Å². The molecule has 2 aromatic heterocycles. The van der Waals surface area contributed by atoms with E-state index in [0.29, 0.717) is 17.1 Å². The van der Waals surface area contributed by atoms with Crippen LogP contribution in [0.15, 0.2) is 60.9 Å². The van der Waals surface area contributed by atoms with Gasteiger partial charge in [0.1, 0.15) is 5.82 Å². The standard InChI is InChI=1S/C22H19N3O2/c1-25(2)21-14-19(22(26)27-3)13-20(24-21)18-10-8-16(9-11-18)6-7-17-5-4-12-23-15-17/h4-5,8-15H,1-3H3. The van der Waals surface area contributed by atoms with E-state index in [4.69, 9.17) is 4.74 Å². The third kappa shape index (κ3) is 4.50. The summed E-state index contributed by atoms with van der Waals surface area (Å²) in [5.74, 6) is 6.50. The molecule has 0 spiro atoms. The summed E-state index contributed by atoms with van der Waals surface area (Å²) >= 11 is 0. The van der Waals surface area contributed by atoms with Crippen LogP contribution in [0.2, 0.25) is 0 Å². The molecular weight excluding hydrogens is 338 g/mol. The highest BCUT2D eigenvalue weighted by Gasteiger charge is 2.12. The maximum Gasteiger partial charge on any atom is 0.338 e. The number of hydrogen-bond donors (Lipinski definition) is 0. The Hall–Kier alpha value is -3.65. The van der Waals surface area contributed by atoms with E-state index in [1.165, 1.54) is 7.11 Å². The Morgan fingerprint density at radius 3 is 2.41 bits per heavy atom. The second kappa shape index (κ2) is 8.15. The quantitative estimate of drug-likeness (QED) is 0.531. The van der Waals surface area contributed by atoms with E-state index in [1.807, 2.05) is 55.4 Å². The van der Waals surface area contributed by atoms with E-state index < -0.39 is 0 Å². The normalized spacial score (nSPS) is 9.89. The van der Waals surface area contributed by atoms with Gasteiger partial charge >= 0.3 is 5.97 Å². The first-order chi connectivity index (χ1) is 13.1. The lowest BCUT2D eigenvalue weighted by atomic mass is 10.1. The molecular formula is C22H19N3O2. The van der Waals surface area contributed by atoms with Crippen LogP contribution in [0.5, 0.6) is 0 Å². The van der Waals surface area contributed by atoms with Gasteiger partial charge in [-0.2, -0.15) is 0 Å². The fraction of sp³-hybridized carbons (Fsp3) is 0.136. The Morgan fingerprint density at radius 2 is 1.78 bits per heavy atom. The molecule has 5 nitrogen and oxygen atoms in total. The average Bonchev–Trinajstić information content (AvgIpc) is 2.72. The lowest BCUT2D eigenvalue weighted by molar-refractivity contribution is 0.0600. The van der Waals surface area contributed by atoms with Crippen LogP contribution in [-0.2, 0) is 4.74 Å². The van der Waals surface area contributed by atoms with E-state index >= 15 is 0 Å². The Kier molecular flexibility index (Phi) is 5.48. The van der Waals surface area contributed by atoms with Gasteiger partial charge in [0, 0.05) is 43.2 Å². The summed E-state index contributed by atoms with van der Waals surface area (Å²) in [6.45, 7) is 0. The number of ether oxygens (including phenoxy) is 1. The monoisotopic (exact) mass is 357 g/mol. The zero-order valence-corrected chi connectivity index (χ0v) is 15.4. The second-order valence-electron chi connectivity index (χ2n) is 6.05. The number of carbonyl (C=O) groups is 1. The van der Waals surface area contributed by atoms with Gasteiger partial charge in [-0.05, 0) is 36.4 Å². The summed E-state index contributed by atoms with van der Waals surface area (Å²) in [6.07, 6.45) is 3.45. The van der Waals surface area contributed by atoms with Gasteiger partial charge in [-0.25, -0.2) is 9.78 Å². The minimum Gasteiger partial charge on any atom is -0.465 e. The Labute approximate surface area is 158 Å². The number of methoxy groups -OCH3 is 1. The number of benzene rings is 1. The van der Waals surface area contributed by atoms with Crippen LogP contribution >= 0.6 is 0 Å². The number of rotatable bonds is 3. The number of anilines is 1. The number of aromatic nitrogens is 2. The van der Waals surface area contributed by atoms with Crippen molar-refractivity contribution in [3.05, 3.63) is 77.6 Å². The van der Waals surface area contributed by atoms with Gasteiger partial charge in [-0.3, -0.25) is 4.98 Å². The van der Waals surface area contributed by atoms with E-state index in [9.17, 15) is 4.79 Å². The second-order valence-corrected chi connectivity index (χ2v) is 6.05. The summed E-state index contributed by atoms with van der Waals surface area (Å²) in [7, 11) is 5.13. The smallest absolute Gasteiger partial charge is 0.338 e. The van der Waals surface area contributed by atoms with Crippen LogP contribution < -0.4 is 4.90 Å². The molecule has 0 atom stereocenters. The molecule has 0 radical (unpaired) electrons. The minimum absolute atomic E-state index is 0.388. The predicted octanol–water partition coefficient (Wildman–Crippen LogP) is 3.40. The molecule has 0 bridgehead atoms. The molecule has 0 amide bonds. The highest BCUT2D eigenvalue weighted by molar-refractivity contribution is 5.91. The lowest BCUT2D eigenvalue weighted by Gasteiger charge is -2.14. The topological polar surface area (TPSA) is 55.3 Å². The van der Waals surface area contributed by atoms with Gasteiger partial charge in [-0.15, -0.1) is 0 Å². The molecule has 0 saturated carbocycles. The maximum atomic E-state index is 12.0. The van der Waals surface area contributed by atoms with Gasteiger partial charge < -0.3 is 9.64 Å². The molecule has 5 heteroatoms. The third-order valence-corrected chi connectivity index (χ3v) is 3.88. The van der Waals surface area contributed by atoms with Gasteiger partial charge in [0.2, 0.25) is 0 Å². The summed E-state index contributed by atoms with van der Waals surface area (Å²) in [4.78, 5) is 22.5. The first-order valence-electron chi connectivity index (χ1n) is 8.37. The van der Waals surface area contributed by atoms with Gasteiger partial charge in [-0.1, -0.05) is 24.0 Å². The molecule has 0 aliphatic rings. The zero-order chi connectivity index (χ0) is 19.2. The fourth-order valence-corrected chi connectivity index (χ4v) is 2.43. The van der Waals surface area contributed by atoms with E-state index in [1.54, 1.807) is 24.5 Å². The molecule has 0 saturated heterocycles. The molecule has 27 heavy (non-hydrogen) atoms. The Bertz CT molecular complexity index is 1000.